The second kappa shape index (κ2) is 8.71. The molecule has 1 N–H and O–H groups in total. The number of hydrogen-bond acceptors (Lipinski definition) is 3. The highest BCUT2D eigenvalue weighted by atomic mass is 35.5. The number of hydrogen-bond donors (Lipinski definition) is 1. The van der Waals surface area contributed by atoms with E-state index in [-0.39, 0.29) is 0 Å². The molecule has 2 aromatic rings. The fourth-order valence-electron chi connectivity index (χ4n) is 3.11. The summed E-state index contributed by atoms with van der Waals surface area (Å²) >= 11 is 11.7. The van der Waals surface area contributed by atoms with Crippen molar-refractivity contribution in [3.8, 4) is 5.75 Å². The van der Waals surface area contributed by atoms with E-state index in [9.17, 15) is 0 Å². The first-order valence-corrected chi connectivity index (χ1v) is 9.52. The predicted octanol–water partition coefficient (Wildman–Crippen LogP) is 4.17. The standard InChI is InChI=1S/C20H24ClN3OS/c1-15-5-3-4-6-16(15)14-23-9-11-24(12-10-23)20(26)22-18-13-17(21)7-8-19(18)25-2/h3-8,13H,9-12,14H2,1-2H3,(H,22,26). The summed E-state index contributed by atoms with van der Waals surface area (Å²) in [7, 11) is 1.64. The van der Waals surface area contributed by atoms with Crippen molar-refractivity contribution in [3.63, 3.8) is 0 Å². The van der Waals surface area contributed by atoms with Gasteiger partial charge in [0, 0.05) is 37.7 Å². The summed E-state index contributed by atoms with van der Waals surface area (Å²) in [6.07, 6.45) is 0. The van der Waals surface area contributed by atoms with E-state index in [1.807, 2.05) is 12.1 Å². The Morgan fingerprint density at radius 2 is 1.88 bits per heavy atom. The number of rotatable bonds is 4. The van der Waals surface area contributed by atoms with E-state index in [2.05, 4.69) is 46.3 Å². The Balaban J connectivity index is 1.55. The van der Waals surface area contributed by atoms with Crippen molar-refractivity contribution >= 4 is 34.6 Å². The molecule has 0 aliphatic carbocycles. The number of aryl methyl sites for hydroxylation is 1. The molecule has 1 fully saturated rings. The molecule has 3 rings (SSSR count). The smallest absolute Gasteiger partial charge is 0.173 e. The van der Waals surface area contributed by atoms with Gasteiger partial charge in [-0.05, 0) is 48.5 Å². The Hall–Kier alpha value is -1.82. The average Bonchev–Trinajstić information content (AvgIpc) is 2.64. The topological polar surface area (TPSA) is 27.7 Å². The molecule has 1 heterocycles. The van der Waals surface area contributed by atoms with Crippen LogP contribution in [0, 0.1) is 6.92 Å². The second-order valence-electron chi connectivity index (χ2n) is 6.46. The van der Waals surface area contributed by atoms with Crippen LogP contribution in [-0.4, -0.2) is 48.2 Å². The Morgan fingerprint density at radius 1 is 1.15 bits per heavy atom. The molecule has 0 radical (unpaired) electrons. The van der Waals surface area contributed by atoms with Gasteiger partial charge in [0.05, 0.1) is 12.8 Å². The van der Waals surface area contributed by atoms with Crippen molar-refractivity contribution in [1.82, 2.24) is 9.80 Å². The number of anilines is 1. The van der Waals surface area contributed by atoms with Crippen LogP contribution in [0.3, 0.4) is 0 Å². The zero-order chi connectivity index (χ0) is 18.5. The van der Waals surface area contributed by atoms with Gasteiger partial charge in [-0.2, -0.15) is 0 Å². The van der Waals surface area contributed by atoms with Gasteiger partial charge in [-0.25, -0.2) is 0 Å². The highest BCUT2D eigenvalue weighted by Gasteiger charge is 2.20. The van der Waals surface area contributed by atoms with Gasteiger partial charge in [-0.3, -0.25) is 4.90 Å². The number of piperazine rings is 1. The quantitative estimate of drug-likeness (QED) is 0.792. The van der Waals surface area contributed by atoms with Crippen molar-refractivity contribution in [2.45, 2.75) is 13.5 Å². The van der Waals surface area contributed by atoms with Crippen LogP contribution in [0.25, 0.3) is 0 Å². The summed E-state index contributed by atoms with van der Waals surface area (Å²) in [5, 5.41) is 4.64. The minimum absolute atomic E-state index is 0.652. The summed E-state index contributed by atoms with van der Waals surface area (Å²) in [6, 6.07) is 14.1. The van der Waals surface area contributed by atoms with Crippen LogP contribution in [0.5, 0.6) is 5.75 Å². The van der Waals surface area contributed by atoms with Crippen molar-refractivity contribution in [3.05, 3.63) is 58.6 Å². The van der Waals surface area contributed by atoms with Crippen LogP contribution < -0.4 is 10.1 Å². The van der Waals surface area contributed by atoms with E-state index in [4.69, 9.17) is 28.6 Å². The number of benzene rings is 2. The molecule has 1 aliphatic rings. The van der Waals surface area contributed by atoms with E-state index < -0.39 is 0 Å². The molecule has 0 bridgehead atoms. The summed E-state index contributed by atoms with van der Waals surface area (Å²) in [5.41, 5.74) is 3.54. The number of thiocarbonyl (C=S) groups is 1. The first-order valence-electron chi connectivity index (χ1n) is 8.73. The molecule has 138 valence electrons. The Labute approximate surface area is 165 Å². The SMILES string of the molecule is COc1ccc(Cl)cc1NC(=S)N1CCN(Cc2ccccc2C)CC1. The van der Waals surface area contributed by atoms with Gasteiger partial charge in [-0.1, -0.05) is 35.9 Å². The highest BCUT2D eigenvalue weighted by Crippen LogP contribution is 2.28. The molecule has 0 unspecified atom stereocenters. The van der Waals surface area contributed by atoms with Crippen LogP contribution in [0.2, 0.25) is 5.02 Å². The molecule has 0 spiro atoms. The molecule has 2 aromatic carbocycles. The van der Waals surface area contributed by atoms with E-state index in [0.717, 1.165) is 44.2 Å². The lowest BCUT2D eigenvalue weighted by Gasteiger charge is -2.36. The van der Waals surface area contributed by atoms with Crippen LogP contribution in [0.1, 0.15) is 11.1 Å². The molecule has 0 aromatic heterocycles. The number of nitrogens with zero attached hydrogens (tertiary/aromatic N) is 2. The van der Waals surface area contributed by atoms with Crippen LogP contribution in [0.15, 0.2) is 42.5 Å². The number of nitrogens with one attached hydrogen (secondary N) is 1. The average molecular weight is 390 g/mol. The largest absolute Gasteiger partial charge is 0.495 e. The van der Waals surface area contributed by atoms with Crippen molar-refractivity contribution in [2.24, 2.45) is 0 Å². The van der Waals surface area contributed by atoms with Crippen molar-refractivity contribution < 1.29 is 4.74 Å². The van der Waals surface area contributed by atoms with Gasteiger partial charge in [0.2, 0.25) is 0 Å². The van der Waals surface area contributed by atoms with E-state index >= 15 is 0 Å². The summed E-state index contributed by atoms with van der Waals surface area (Å²) in [4.78, 5) is 4.67. The molecule has 4 nitrogen and oxygen atoms in total. The maximum atomic E-state index is 6.09. The monoisotopic (exact) mass is 389 g/mol. The molecular weight excluding hydrogens is 366 g/mol. The van der Waals surface area contributed by atoms with Crippen LogP contribution >= 0.6 is 23.8 Å². The predicted molar refractivity (Wildman–Crippen MR) is 112 cm³/mol. The minimum Gasteiger partial charge on any atom is -0.495 e. The molecule has 0 atom stereocenters. The maximum absolute atomic E-state index is 6.09. The Bertz CT molecular complexity index is 775. The summed E-state index contributed by atoms with van der Waals surface area (Å²) < 4.78 is 5.38. The second-order valence-corrected chi connectivity index (χ2v) is 7.29. The summed E-state index contributed by atoms with van der Waals surface area (Å²) in [5.74, 6) is 0.731. The Morgan fingerprint density at radius 3 is 2.58 bits per heavy atom. The van der Waals surface area contributed by atoms with Crippen LogP contribution in [0.4, 0.5) is 5.69 Å². The highest BCUT2D eigenvalue weighted by molar-refractivity contribution is 7.80. The number of halogens is 1. The minimum atomic E-state index is 0.652. The lowest BCUT2D eigenvalue weighted by atomic mass is 10.1. The van der Waals surface area contributed by atoms with E-state index in [1.165, 1.54) is 11.1 Å². The van der Waals surface area contributed by atoms with Gasteiger partial charge in [0.25, 0.3) is 0 Å². The zero-order valence-electron chi connectivity index (χ0n) is 15.2. The first-order chi connectivity index (χ1) is 12.6. The number of ether oxygens (including phenoxy) is 1. The molecule has 1 aliphatic heterocycles. The molecule has 26 heavy (non-hydrogen) atoms. The van der Waals surface area contributed by atoms with E-state index in [0.29, 0.717) is 10.1 Å². The summed E-state index contributed by atoms with van der Waals surface area (Å²) in [6.45, 7) is 6.94. The van der Waals surface area contributed by atoms with Gasteiger partial charge >= 0.3 is 0 Å². The molecule has 6 heteroatoms. The van der Waals surface area contributed by atoms with Gasteiger partial charge < -0.3 is 15.0 Å². The lowest BCUT2D eigenvalue weighted by molar-refractivity contribution is 0.176. The number of methoxy groups -OCH3 is 1. The molecule has 0 amide bonds. The normalized spacial score (nSPS) is 15.0. The lowest BCUT2D eigenvalue weighted by Crippen LogP contribution is -2.49. The van der Waals surface area contributed by atoms with Gasteiger partial charge in [-0.15, -0.1) is 0 Å². The third-order valence-corrected chi connectivity index (χ3v) is 5.31. The molecule has 1 saturated heterocycles. The molecular formula is C20H24ClN3OS. The zero-order valence-corrected chi connectivity index (χ0v) is 16.7. The first kappa shape index (κ1) is 19.0. The molecule has 0 saturated carbocycles. The third-order valence-electron chi connectivity index (χ3n) is 4.72. The maximum Gasteiger partial charge on any atom is 0.173 e. The third kappa shape index (κ3) is 4.67. The van der Waals surface area contributed by atoms with Crippen molar-refractivity contribution in [1.29, 1.82) is 0 Å². The van der Waals surface area contributed by atoms with Gasteiger partial charge in [0.15, 0.2) is 5.11 Å². The fraction of sp³-hybridized carbons (Fsp3) is 0.350. The van der Waals surface area contributed by atoms with E-state index in [1.54, 1.807) is 13.2 Å². The van der Waals surface area contributed by atoms with Crippen molar-refractivity contribution in [2.75, 3.05) is 38.6 Å². The van der Waals surface area contributed by atoms with Gasteiger partial charge in [0.1, 0.15) is 5.75 Å². The fourth-order valence-corrected chi connectivity index (χ4v) is 3.57. The Kier molecular flexibility index (Phi) is 6.35. The van der Waals surface area contributed by atoms with Crippen LogP contribution in [-0.2, 0) is 6.54 Å².